The van der Waals surface area contributed by atoms with E-state index in [-0.39, 0.29) is 5.91 Å². The largest absolute Gasteiger partial charge is 0.493 e. The van der Waals surface area contributed by atoms with Crippen LogP contribution in [0.2, 0.25) is 0 Å². The van der Waals surface area contributed by atoms with Gasteiger partial charge in [0.2, 0.25) is 5.91 Å². The third-order valence-electron chi connectivity index (χ3n) is 3.23. The molecule has 2 aromatic carbocycles. The molecule has 0 aromatic heterocycles. The topological polar surface area (TPSA) is 55.6 Å². The minimum atomic E-state index is 0.00687. The highest BCUT2D eigenvalue weighted by atomic mass is 16.5. The summed E-state index contributed by atoms with van der Waals surface area (Å²) in [5, 5.41) is 0. The van der Waals surface area contributed by atoms with E-state index in [1.165, 1.54) is 0 Å². The van der Waals surface area contributed by atoms with Crippen LogP contribution in [0.5, 0.6) is 5.75 Å². The Bertz CT molecular complexity index is 608. The molecule has 2 rings (SSSR count). The van der Waals surface area contributed by atoms with Crippen molar-refractivity contribution >= 4 is 17.3 Å². The summed E-state index contributed by atoms with van der Waals surface area (Å²) in [5.41, 5.74) is 8.28. The molecule has 2 N–H and O–H groups in total. The molecule has 2 aromatic rings. The van der Waals surface area contributed by atoms with Gasteiger partial charge in [-0.3, -0.25) is 4.79 Å². The van der Waals surface area contributed by atoms with Gasteiger partial charge in [0.05, 0.1) is 13.0 Å². The number of carbonyl (C=O) groups excluding carboxylic acids is 1. The minimum Gasteiger partial charge on any atom is -0.493 e. The number of ether oxygens (including phenoxy) is 1. The highest BCUT2D eigenvalue weighted by molar-refractivity contribution is 5.92. The number of rotatable bonds is 5. The SMILES string of the molecule is Cc1cccc(OCCC(=O)N(C)c2ccc(N)cc2)c1. The number of aryl methyl sites for hydroxylation is 1. The molecular formula is C17H20N2O2. The van der Waals surface area contributed by atoms with Gasteiger partial charge in [0.1, 0.15) is 5.75 Å². The fraction of sp³-hybridized carbons (Fsp3) is 0.235. The van der Waals surface area contributed by atoms with Gasteiger partial charge in [-0.1, -0.05) is 12.1 Å². The second-order valence-electron chi connectivity index (χ2n) is 4.96. The molecule has 0 fully saturated rings. The Morgan fingerprint density at radius 3 is 2.57 bits per heavy atom. The molecular weight excluding hydrogens is 264 g/mol. The summed E-state index contributed by atoms with van der Waals surface area (Å²) >= 11 is 0. The summed E-state index contributed by atoms with van der Waals surface area (Å²) in [6.07, 6.45) is 0.328. The Hall–Kier alpha value is -2.49. The van der Waals surface area contributed by atoms with E-state index in [4.69, 9.17) is 10.5 Å². The predicted molar refractivity (Wildman–Crippen MR) is 85.6 cm³/mol. The number of nitrogens with two attached hydrogens (primary N) is 1. The first-order valence-corrected chi connectivity index (χ1v) is 6.88. The zero-order valence-electron chi connectivity index (χ0n) is 12.4. The van der Waals surface area contributed by atoms with Crippen molar-refractivity contribution < 1.29 is 9.53 Å². The number of benzene rings is 2. The molecule has 0 atom stereocenters. The van der Waals surface area contributed by atoms with Crippen LogP contribution in [-0.2, 0) is 4.79 Å². The summed E-state index contributed by atoms with van der Waals surface area (Å²) in [6, 6.07) is 15.0. The summed E-state index contributed by atoms with van der Waals surface area (Å²) in [6.45, 7) is 2.37. The predicted octanol–water partition coefficient (Wildman–Crippen LogP) is 3.01. The van der Waals surface area contributed by atoms with Gasteiger partial charge >= 0.3 is 0 Å². The van der Waals surface area contributed by atoms with Gasteiger partial charge in [0, 0.05) is 18.4 Å². The average molecular weight is 284 g/mol. The fourth-order valence-electron chi connectivity index (χ4n) is 1.97. The average Bonchev–Trinajstić information content (AvgIpc) is 2.47. The maximum absolute atomic E-state index is 12.1. The smallest absolute Gasteiger partial charge is 0.230 e. The number of carbonyl (C=O) groups is 1. The first-order chi connectivity index (χ1) is 10.1. The van der Waals surface area contributed by atoms with Crippen LogP contribution in [0.15, 0.2) is 48.5 Å². The highest BCUT2D eigenvalue weighted by Crippen LogP contribution is 2.16. The van der Waals surface area contributed by atoms with Crippen LogP contribution in [0.25, 0.3) is 0 Å². The van der Waals surface area contributed by atoms with Crippen LogP contribution < -0.4 is 15.4 Å². The van der Waals surface area contributed by atoms with Gasteiger partial charge in [0.15, 0.2) is 0 Å². The van der Waals surface area contributed by atoms with Crippen molar-refractivity contribution in [2.24, 2.45) is 0 Å². The quantitative estimate of drug-likeness (QED) is 0.859. The van der Waals surface area contributed by atoms with Gasteiger partial charge < -0.3 is 15.4 Å². The number of nitrogens with zero attached hydrogens (tertiary/aromatic N) is 1. The third kappa shape index (κ3) is 4.24. The maximum Gasteiger partial charge on any atom is 0.230 e. The molecule has 4 heteroatoms. The maximum atomic E-state index is 12.1. The van der Waals surface area contributed by atoms with Crippen molar-refractivity contribution in [1.82, 2.24) is 0 Å². The Morgan fingerprint density at radius 2 is 1.90 bits per heavy atom. The van der Waals surface area contributed by atoms with E-state index in [0.29, 0.717) is 18.7 Å². The zero-order chi connectivity index (χ0) is 15.2. The fourth-order valence-corrected chi connectivity index (χ4v) is 1.97. The monoisotopic (exact) mass is 284 g/mol. The molecule has 1 amide bonds. The van der Waals surface area contributed by atoms with E-state index in [9.17, 15) is 4.79 Å². The van der Waals surface area contributed by atoms with E-state index >= 15 is 0 Å². The number of anilines is 2. The molecule has 0 radical (unpaired) electrons. The second kappa shape index (κ2) is 6.79. The van der Waals surface area contributed by atoms with Crippen LogP contribution in [0, 0.1) is 6.92 Å². The summed E-state index contributed by atoms with van der Waals surface area (Å²) in [4.78, 5) is 13.7. The van der Waals surface area contributed by atoms with E-state index in [1.807, 2.05) is 43.3 Å². The van der Waals surface area contributed by atoms with Gasteiger partial charge in [-0.15, -0.1) is 0 Å². The zero-order valence-corrected chi connectivity index (χ0v) is 12.4. The van der Waals surface area contributed by atoms with Crippen LogP contribution in [-0.4, -0.2) is 19.6 Å². The number of amides is 1. The standard InChI is InChI=1S/C17H20N2O2/c1-13-4-3-5-16(12-13)21-11-10-17(20)19(2)15-8-6-14(18)7-9-15/h3-9,12H,10-11,18H2,1-2H3. The van der Waals surface area contributed by atoms with Crippen LogP contribution in [0.3, 0.4) is 0 Å². The number of hydrogen-bond acceptors (Lipinski definition) is 3. The normalized spacial score (nSPS) is 10.2. The van der Waals surface area contributed by atoms with Crippen molar-refractivity contribution in [2.45, 2.75) is 13.3 Å². The Labute approximate surface area is 125 Å². The lowest BCUT2D eigenvalue weighted by Gasteiger charge is -2.17. The van der Waals surface area contributed by atoms with Crippen molar-refractivity contribution in [2.75, 3.05) is 24.3 Å². The molecule has 0 heterocycles. The summed E-state index contributed by atoms with van der Waals surface area (Å²) < 4.78 is 5.60. The van der Waals surface area contributed by atoms with Gasteiger partial charge in [0.25, 0.3) is 0 Å². The van der Waals surface area contributed by atoms with Gasteiger partial charge in [-0.2, -0.15) is 0 Å². The molecule has 21 heavy (non-hydrogen) atoms. The molecule has 0 aliphatic heterocycles. The minimum absolute atomic E-state index is 0.00687. The lowest BCUT2D eigenvalue weighted by atomic mass is 10.2. The molecule has 0 bridgehead atoms. The van der Waals surface area contributed by atoms with Crippen molar-refractivity contribution in [3.63, 3.8) is 0 Å². The molecule has 0 aliphatic carbocycles. The van der Waals surface area contributed by atoms with E-state index < -0.39 is 0 Å². The lowest BCUT2D eigenvalue weighted by molar-refractivity contribution is -0.118. The van der Waals surface area contributed by atoms with E-state index in [0.717, 1.165) is 17.0 Å². The Balaban J connectivity index is 1.85. The summed E-state index contributed by atoms with van der Waals surface area (Å²) in [7, 11) is 1.75. The number of nitrogen functional groups attached to an aromatic ring is 1. The third-order valence-corrected chi connectivity index (χ3v) is 3.23. The molecule has 0 aliphatic rings. The highest BCUT2D eigenvalue weighted by Gasteiger charge is 2.10. The van der Waals surface area contributed by atoms with Crippen molar-refractivity contribution in [3.8, 4) is 5.75 Å². The van der Waals surface area contributed by atoms with Crippen molar-refractivity contribution in [1.29, 1.82) is 0 Å². The van der Waals surface area contributed by atoms with Crippen LogP contribution in [0.4, 0.5) is 11.4 Å². The Morgan fingerprint density at radius 1 is 1.19 bits per heavy atom. The van der Waals surface area contributed by atoms with Crippen LogP contribution >= 0.6 is 0 Å². The van der Waals surface area contributed by atoms with Gasteiger partial charge in [-0.25, -0.2) is 0 Å². The molecule has 0 spiro atoms. The van der Waals surface area contributed by atoms with Gasteiger partial charge in [-0.05, 0) is 48.9 Å². The molecule has 110 valence electrons. The van der Waals surface area contributed by atoms with E-state index in [2.05, 4.69) is 0 Å². The summed E-state index contributed by atoms with van der Waals surface area (Å²) in [5.74, 6) is 0.797. The van der Waals surface area contributed by atoms with E-state index in [1.54, 1.807) is 24.1 Å². The van der Waals surface area contributed by atoms with Crippen molar-refractivity contribution in [3.05, 3.63) is 54.1 Å². The second-order valence-corrected chi connectivity index (χ2v) is 4.96. The first kappa shape index (κ1) is 14.9. The lowest BCUT2D eigenvalue weighted by Crippen LogP contribution is -2.27. The molecule has 0 saturated heterocycles. The molecule has 0 saturated carbocycles. The first-order valence-electron chi connectivity index (χ1n) is 6.88. The molecule has 4 nitrogen and oxygen atoms in total. The Kier molecular flexibility index (Phi) is 4.82. The number of hydrogen-bond donors (Lipinski definition) is 1. The molecule has 0 unspecified atom stereocenters. The van der Waals surface area contributed by atoms with Crippen LogP contribution in [0.1, 0.15) is 12.0 Å².